The van der Waals surface area contributed by atoms with Crippen LogP contribution in [-0.2, 0) is 11.0 Å². The molecule has 0 bridgehead atoms. The molecule has 0 unspecified atom stereocenters. The topological polar surface area (TPSA) is 83.6 Å². The van der Waals surface area contributed by atoms with Gasteiger partial charge in [-0.15, -0.1) is 10.2 Å². The fraction of sp³-hybridized carbons (Fsp3) is 0.158. The van der Waals surface area contributed by atoms with Crippen LogP contribution in [0.15, 0.2) is 42.1 Å². The second-order valence-electron chi connectivity index (χ2n) is 6.18. The van der Waals surface area contributed by atoms with Crippen LogP contribution in [0.25, 0.3) is 11.8 Å². The summed E-state index contributed by atoms with van der Waals surface area (Å²) in [6, 6.07) is 11.2. The predicted molar refractivity (Wildman–Crippen MR) is 102 cm³/mol. The lowest BCUT2D eigenvalue weighted by molar-refractivity contribution is -0.138. The number of rotatable bonds is 4. The van der Waals surface area contributed by atoms with Gasteiger partial charge >= 0.3 is 6.18 Å². The van der Waals surface area contributed by atoms with Crippen LogP contribution in [0.4, 0.5) is 18.3 Å². The lowest BCUT2D eigenvalue weighted by Gasteiger charge is -2.09. The molecule has 6 nitrogen and oxygen atoms in total. The zero-order valence-corrected chi connectivity index (χ0v) is 16.1. The molecule has 0 saturated carbocycles. The van der Waals surface area contributed by atoms with E-state index in [0.29, 0.717) is 5.69 Å². The highest BCUT2D eigenvalue weighted by Gasteiger charge is 2.35. The molecule has 0 aliphatic rings. The minimum Gasteiger partial charge on any atom is -0.317 e. The van der Waals surface area contributed by atoms with Gasteiger partial charge in [-0.25, -0.2) is 0 Å². The number of halogens is 3. The van der Waals surface area contributed by atoms with E-state index in [4.69, 9.17) is 0 Å². The molecule has 0 saturated heterocycles. The van der Waals surface area contributed by atoms with Gasteiger partial charge in [0, 0.05) is 17.6 Å². The zero-order valence-electron chi connectivity index (χ0n) is 15.3. The van der Waals surface area contributed by atoms with Crippen molar-refractivity contribution in [2.75, 3.05) is 5.32 Å². The molecule has 2 aromatic heterocycles. The Hall–Kier alpha value is -3.45. The van der Waals surface area contributed by atoms with Gasteiger partial charge in [-0.2, -0.15) is 18.4 Å². The molecule has 0 spiro atoms. The highest BCUT2D eigenvalue weighted by Crippen LogP contribution is 2.33. The van der Waals surface area contributed by atoms with E-state index in [9.17, 15) is 23.2 Å². The first-order chi connectivity index (χ1) is 13.7. The smallest absolute Gasteiger partial charge is 0.317 e. The number of aryl methyl sites for hydroxylation is 2. The average Bonchev–Trinajstić information content (AvgIpc) is 3.27. The number of hydrogen-bond acceptors (Lipinski definition) is 5. The Kier molecular flexibility index (Phi) is 5.52. The van der Waals surface area contributed by atoms with Crippen LogP contribution in [0.2, 0.25) is 0 Å². The molecule has 2 heterocycles. The van der Waals surface area contributed by atoms with Crippen LogP contribution in [0.5, 0.6) is 0 Å². The van der Waals surface area contributed by atoms with Crippen molar-refractivity contribution in [2.24, 2.45) is 0 Å². The number of nitrogens with zero attached hydrogens (tertiary/aromatic N) is 4. The summed E-state index contributed by atoms with van der Waals surface area (Å²) in [5.74, 6) is -0.870. The number of nitriles is 1. The van der Waals surface area contributed by atoms with E-state index in [2.05, 4.69) is 15.5 Å². The van der Waals surface area contributed by atoms with Crippen molar-refractivity contribution in [1.82, 2.24) is 14.8 Å². The lowest BCUT2D eigenvalue weighted by Crippen LogP contribution is -2.13. The molecule has 29 heavy (non-hydrogen) atoms. The molecule has 1 N–H and O–H groups in total. The molecule has 10 heteroatoms. The van der Waals surface area contributed by atoms with Crippen molar-refractivity contribution in [3.8, 4) is 11.8 Å². The van der Waals surface area contributed by atoms with Crippen molar-refractivity contribution in [3.05, 3.63) is 63.9 Å². The Morgan fingerprint density at radius 3 is 2.52 bits per heavy atom. The third-order valence-electron chi connectivity index (χ3n) is 3.81. The molecular formula is C19H14F3N5OS. The maximum atomic E-state index is 12.6. The first-order valence-electron chi connectivity index (χ1n) is 8.27. The predicted octanol–water partition coefficient (Wildman–Crippen LogP) is 4.51. The van der Waals surface area contributed by atoms with Crippen molar-refractivity contribution in [1.29, 1.82) is 5.26 Å². The SMILES string of the molecule is Cc1cc(C)cc(-n2cccc2/C=C(/C#N)C(=O)Nc2nnc(C(F)(F)F)s2)c1. The van der Waals surface area contributed by atoms with Crippen LogP contribution in [0.1, 0.15) is 21.8 Å². The number of nitrogens with one attached hydrogen (secondary N) is 1. The van der Waals surface area contributed by atoms with E-state index in [1.54, 1.807) is 29.0 Å². The number of carbonyl (C=O) groups excluding carboxylic acids is 1. The van der Waals surface area contributed by atoms with Gasteiger partial charge in [0.15, 0.2) is 0 Å². The fourth-order valence-electron chi connectivity index (χ4n) is 2.69. The summed E-state index contributed by atoms with van der Waals surface area (Å²) in [5, 5.41) is 16.3. The Balaban J connectivity index is 1.87. The van der Waals surface area contributed by atoms with E-state index >= 15 is 0 Å². The van der Waals surface area contributed by atoms with E-state index in [0.717, 1.165) is 16.8 Å². The number of carbonyl (C=O) groups is 1. The van der Waals surface area contributed by atoms with Crippen molar-refractivity contribution in [3.63, 3.8) is 0 Å². The molecule has 1 aromatic carbocycles. The van der Waals surface area contributed by atoms with Crippen molar-refractivity contribution < 1.29 is 18.0 Å². The number of aromatic nitrogens is 3. The number of alkyl halides is 3. The third kappa shape index (κ3) is 4.70. The maximum absolute atomic E-state index is 12.6. The normalized spacial score (nSPS) is 11.9. The summed E-state index contributed by atoms with van der Waals surface area (Å²) >= 11 is 0.186. The van der Waals surface area contributed by atoms with Gasteiger partial charge in [0.2, 0.25) is 10.1 Å². The first kappa shape index (κ1) is 20.3. The summed E-state index contributed by atoms with van der Waals surface area (Å²) in [6.07, 6.45) is -1.51. The molecular weight excluding hydrogens is 403 g/mol. The fourth-order valence-corrected chi connectivity index (χ4v) is 3.29. The Labute approximate surface area is 167 Å². The minimum absolute atomic E-state index is 0.186. The summed E-state index contributed by atoms with van der Waals surface area (Å²) in [4.78, 5) is 12.3. The van der Waals surface area contributed by atoms with Crippen molar-refractivity contribution in [2.45, 2.75) is 20.0 Å². The van der Waals surface area contributed by atoms with Crippen molar-refractivity contribution >= 4 is 28.5 Å². The average molecular weight is 417 g/mol. The summed E-state index contributed by atoms with van der Waals surface area (Å²) in [5.41, 5.74) is 3.25. The van der Waals surface area contributed by atoms with E-state index in [1.165, 1.54) is 6.08 Å². The first-order valence-corrected chi connectivity index (χ1v) is 9.09. The van der Waals surface area contributed by atoms with Gasteiger partial charge in [-0.1, -0.05) is 17.4 Å². The van der Waals surface area contributed by atoms with Gasteiger partial charge < -0.3 is 4.57 Å². The molecule has 1 amide bonds. The van der Waals surface area contributed by atoms with Crippen LogP contribution in [-0.4, -0.2) is 20.7 Å². The standard InChI is InChI=1S/C19H14F3N5OS/c1-11-6-12(2)8-15(7-11)27-5-3-4-14(27)9-13(10-23)16(28)24-18-26-25-17(29-18)19(20,21)22/h3-9H,1-2H3,(H,24,26,28)/b13-9-. The van der Waals surface area contributed by atoms with E-state index in [1.807, 2.05) is 32.0 Å². The summed E-state index contributed by atoms with van der Waals surface area (Å²) < 4.78 is 39.6. The van der Waals surface area contributed by atoms with Crippen LogP contribution in [0, 0.1) is 25.2 Å². The number of hydrogen-bond donors (Lipinski definition) is 1. The van der Waals surface area contributed by atoms with Gasteiger partial charge in [-0.3, -0.25) is 10.1 Å². The molecule has 0 aliphatic carbocycles. The number of anilines is 1. The van der Waals surface area contributed by atoms with Gasteiger partial charge in [0.05, 0.1) is 0 Å². The molecule has 3 aromatic rings. The van der Waals surface area contributed by atoms with Crippen LogP contribution >= 0.6 is 11.3 Å². The maximum Gasteiger partial charge on any atom is 0.445 e. The van der Waals surface area contributed by atoms with Crippen LogP contribution in [0.3, 0.4) is 0 Å². The Bertz CT molecular complexity index is 1120. The van der Waals surface area contributed by atoms with E-state index in [-0.39, 0.29) is 22.0 Å². The summed E-state index contributed by atoms with van der Waals surface area (Å²) in [6.45, 7) is 3.92. The molecule has 3 rings (SSSR count). The van der Waals surface area contributed by atoms with E-state index < -0.39 is 17.1 Å². The monoisotopic (exact) mass is 417 g/mol. The van der Waals surface area contributed by atoms with Gasteiger partial charge in [0.25, 0.3) is 5.91 Å². The third-order valence-corrected chi connectivity index (χ3v) is 4.69. The van der Waals surface area contributed by atoms with Crippen LogP contribution < -0.4 is 5.32 Å². The van der Waals surface area contributed by atoms with Gasteiger partial charge in [-0.05, 0) is 55.3 Å². The second kappa shape index (κ2) is 7.89. The minimum atomic E-state index is -4.65. The molecule has 148 valence electrons. The van der Waals surface area contributed by atoms with Gasteiger partial charge in [0.1, 0.15) is 11.6 Å². The quantitative estimate of drug-likeness (QED) is 0.500. The summed E-state index contributed by atoms with van der Waals surface area (Å²) in [7, 11) is 0. The largest absolute Gasteiger partial charge is 0.445 e. The molecule has 0 atom stereocenters. The second-order valence-corrected chi connectivity index (χ2v) is 7.16. The number of amides is 1. The molecule has 0 fully saturated rings. The lowest BCUT2D eigenvalue weighted by atomic mass is 10.1. The highest BCUT2D eigenvalue weighted by atomic mass is 32.1. The Morgan fingerprint density at radius 2 is 1.93 bits per heavy atom. The number of benzene rings is 1. The molecule has 0 aliphatic heterocycles. The highest BCUT2D eigenvalue weighted by molar-refractivity contribution is 7.15. The molecule has 0 radical (unpaired) electrons. The zero-order chi connectivity index (χ0) is 21.2. The Morgan fingerprint density at radius 1 is 1.24 bits per heavy atom.